The van der Waals surface area contributed by atoms with E-state index < -0.39 is 17.5 Å². The fraction of sp³-hybridized carbons (Fsp3) is 0.750. The lowest BCUT2D eigenvalue weighted by Gasteiger charge is -2.41. The van der Waals surface area contributed by atoms with E-state index in [-0.39, 0.29) is 5.92 Å². The molecule has 4 rings (SSSR count). The fourth-order valence-electron chi connectivity index (χ4n) is 6.00. The normalized spacial score (nSPS) is 37.0. The Hall–Kier alpha value is -1.03. The molecule has 3 aliphatic rings. The minimum atomic E-state index is -1.36. The SMILES string of the molecule is CC1CCC(C2CCC(C3CCC(c4cc(F)c(F)c(F)c4)CC3)CC2)OC1. The minimum Gasteiger partial charge on any atom is -0.378 e. The van der Waals surface area contributed by atoms with E-state index in [0.717, 1.165) is 50.0 Å². The number of benzene rings is 1. The van der Waals surface area contributed by atoms with Crippen LogP contribution in [0.2, 0.25) is 0 Å². The van der Waals surface area contributed by atoms with Crippen LogP contribution >= 0.6 is 0 Å². The molecule has 1 aromatic rings. The maximum absolute atomic E-state index is 13.5. The van der Waals surface area contributed by atoms with Crippen LogP contribution in [0, 0.1) is 41.1 Å². The summed E-state index contributed by atoms with van der Waals surface area (Å²) in [5, 5.41) is 0. The summed E-state index contributed by atoms with van der Waals surface area (Å²) < 4.78 is 46.4. The van der Waals surface area contributed by atoms with Crippen molar-refractivity contribution in [2.24, 2.45) is 23.7 Å². The van der Waals surface area contributed by atoms with E-state index in [1.165, 1.54) is 50.7 Å². The minimum absolute atomic E-state index is 0.162. The first kappa shape index (κ1) is 20.3. The smallest absolute Gasteiger partial charge is 0.194 e. The van der Waals surface area contributed by atoms with Crippen molar-refractivity contribution >= 4 is 0 Å². The first-order valence-electron chi connectivity index (χ1n) is 11.3. The molecule has 28 heavy (non-hydrogen) atoms. The third kappa shape index (κ3) is 4.42. The Morgan fingerprint density at radius 1 is 0.714 bits per heavy atom. The topological polar surface area (TPSA) is 9.23 Å². The van der Waals surface area contributed by atoms with Crippen molar-refractivity contribution in [3.05, 3.63) is 35.1 Å². The highest BCUT2D eigenvalue weighted by Crippen LogP contribution is 2.45. The maximum Gasteiger partial charge on any atom is 0.194 e. The van der Waals surface area contributed by atoms with Crippen molar-refractivity contribution in [1.82, 2.24) is 0 Å². The fourth-order valence-corrected chi connectivity index (χ4v) is 6.00. The maximum atomic E-state index is 13.5. The third-order valence-electron chi connectivity index (χ3n) is 7.80. The van der Waals surface area contributed by atoms with E-state index in [9.17, 15) is 13.2 Å². The van der Waals surface area contributed by atoms with Gasteiger partial charge in [-0.15, -0.1) is 0 Å². The first-order chi connectivity index (χ1) is 13.5. The summed E-state index contributed by atoms with van der Waals surface area (Å²) in [4.78, 5) is 0. The highest BCUT2D eigenvalue weighted by molar-refractivity contribution is 5.23. The summed E-state index contributed by atoms with van der Waals surface area (Å²) in [5.41, 5.74) is 0.627. The predicted octanol–water partition coefficient (Wildman–Crippen LogP) is 7.00. The van der Waals surface area contributed by atoms with Gasteiger partial charge in [0.2, 0.25) is 0 Å². The summed E-state index contributed by atoms with van der Waals surface area (Å²) >= 11 is 0. The van der Waals surface area contributed by atoms with Gasteiger partial charge in [-0.05, 0) is 111 Å². The number of ether oxygens (including phenoxy) is 1. The number of halogens is 3. The Morgan fingerprint density at radius 2 is 1.25 bits per heavy atom. The van der Waals surface area contributed by atoms with Crippen LogP contribution in [0.4, 0.5) is 13.2 Å². The van der Waals surface area contributed by atoms with E-state index in [0.29, 0.717) is 17.6 Å². The Morgan fingerprint density at radius 3 is 1.79 bits per heavy atom. The average Bonchev–Trinajstić information content (AvgIpc) is 2.72. The molecule has 2 saturated carbocycles. The summed E-state index contributed by atoms with van der Waals surface area (Å²) in [6.45, 7) is 3.21. The lowest BCUT2D eigenvalue weighted by atomic mass is 9.67. The molecule has 0 amide bonds. The predicted molar refractivity (Wildman–Crippen MR) is 105 cm³/mol. The molecule has 0 spiro atoms. The van der Waals surface area contributed by atoms with Crippen LogP contribution in [-0.2, 0) is 4.74 Å². The van der Waals surface area contributed by atoms with Crippen LogP contribution in [0.5, 0.6) is 0 Å². The molecular weight excluding hydrogens is 361 g/mol. The van der Waals surface area contributed by atoms with E-state index in [2.05, 4.69) is 6.92 Å². The zero-order chi connectivity index (χ0) is 19.7. The van der Waals surface area contributed by atoms with Crippen LogP contribution < -0.4 is 0 Å². The average molecular weight is 395 g/mol. The van der Waals surface area contributed by atoms with E-state index >= 15 is 0 Å². The third-order valence-corrected chi connectivity index (χ3v) is 7.80. The lowest BCUT2D eigenvalue weighted by Crippen LogP contribution is -2.35. The second kappa shape index (κ2) is 8.77. The monoisotopic (exact) mass is 394 g/mol. The molecule has 4 heteroatoms. The summed E-state index contributed by atoms with van der Waals surface area (Å²) in [6.07, 6.45) is 12.4. The molecule has 0 radical (unpaired) electrons. The molecule has 1 aromatic carbocycles. The number of hydrogen-bond donors (Lipinski definition) is 0. The van der Waals surface area contributed by atoms with Gasteiger partial charge in [-0.1, -0.05) is 6.92 Å². The standard InChI is InChI=1S/C24H33F3O/c1-15-2-11-23(28-14-15)19-9-7-17(8-10-19)16-3-5-18(6-4-16)20-12-21(25)24(27)22(26)13-20/h12-13,15-19,23H,2-11,14H2,1H3. The molecule has 0 bridgehead atoms. The molecule has 1 saturated heterocycles. The molecule has 3 fully saturated rings. The largest absolute Gasteiger partial charge is 0.378 e. The Kier molecular flexibility index (Phi) is 6.34. The zero-order valence-corrected chi connectivity index (χ0v) is 16.9. The van der Waals surface area contributed by atoms with Crippen LogP contribution in [0.1, 0.15) is 82.6 Å². The lowest BCUT2D eigenvalue weighted by molar-refractivity contribution is -0.0568. The summed E-state index contributed by atoms with van der Waals surface area (Å²) in [6, 6.07) is 2.39. The van der Waals surface area contributed by atoms with Crippen molar-refractivity contribution in [3.63, 3.8) is 0 Å². The van der Waals surface area contributed by atoms with Gasteiger partial charge in [0.15, 0.2) is 17.5 Å². The quantitative estimate of drug-likeness (QED) is 0.502. The van der Waals surface area contributed by atoms with Crippen molar-refractivity contribution in [2.75, 3.05) is 6.61 Å². The van der Waals surface area contributed by atoms with E-state index in [4.69, 9.17) is 4.74 Å². The van der Waals surface area contributed by atoms with Crippen LogP contribution in [0.25, 0.3) is 0 Å². The van der Waals surface area contributed by atoms with Crippen LogP contribution in [0.3, 0.4) is 0 Å². The Balaban J connectivity index is 1.26. The number of hydrogen-bond acceptors (Lipinski definition) is 1. The highest BCUT2D eigenvalue weighted by atomic mass is 19.2. The first-order valence-corrected chi connectivity index (χ1v) is 11.3. The Labute approximate surface area is 167 Å². The highest BCUT2D eigenvalue weighted by Gasteiger charge is 2.35. The second-order valence-electron chi connectivity index (χ2n) is 9.64. The molecule has 156 valence electrons. The van der Waals surface area contributed by atoms with Gasteiger partial charge in [0.05, 0.1) is 6.10 Å². The summed E-state index contributed by atoms with van der Waals surface area (Å²) in [7, 11) is 0. The molecule has 1 aliphatic heterocycles. The molecule has 2 aliphatic carbocycles. The van der Waals surface area contributed by atoms with Gasteiger partial charge in [-0.3, -0.25) is 0 Å². The van der Waals surface area contributed by atoms with Crippen molar-refractivity contribution in [1.29, 1.82) is 0 Å². The van der Waals surface area contributed by atoms with Crippen LogP contribution in [-0.4, -0.2) is 12.7 Å². The molecule has 0 N–H and O–H groups in total. The van der Waals surface area contributed by atoms with Crippen molar-refractivity contribution in [3.8, 4) is 0 Å². The number of rotatable bonds is 3. The van der Waals surface area contributed by atoms with Gasteiger partial charge in [0, 0.05) is 6.61 Å². The second-order valence-corrected chi connectivity index (χ2v) is 9.64. The van der Waals surface area contributed by atoms with Crippen LogP contribution in [0.15, 0.2) is 12.1 Å². The van der Waals surface area contributed by atoms with Gasteiger partial charge in [0.1, 0.15) is 0 Å². The van der Waals surface area contributed by atoms with E-state index in [1.807, 2.05) is 0 Å². The Bertz CT molecular complexity index is 629. The molecule has 1 heterocycles. The zero-order valence-electron chi connectivity index (χ0n) is 16.9. The molecule has 2 unspecified atom stereocenters. The molecule has 2 atom stereocenters. The van der Waals surface area contributed by atoms with Gasteiger partial charge in [-0.2, -0.15) is 0 Å². The van der Waals surface area contributed by atoms with Gasteiger partial charge in [-0.25, -0.2) is 13.2 Å². The molecule has 0 aromatic heterocycles. The van der Waals surface area contributed by atoms with Gasteiger partial charge in [0.25, 0.3) is 0 Å². The van der Waals surface area contributed by atoms with Crippen molar-refractivity contribution in [2.45, 2.75) is 83.2 Å². The molecular formula is C24H33F3O. The van der Waals surface area contributed by atoms with Crippen molar-refractivity contribution < 1.29 is 17.9 Å². The van der Waals surface area contributed by atoms with Gasteiger partial charge >= 0.3 is 0 Å². The van der Waals surface area contributed by atoms with E-state index in [1.54, 1.807) is 0 Å². The molecule has 1 nitrogen and oxygen atoms in total. The van der Waals surface area contributed by atoms with Gasteiger partial charge < -0.3 is 4.74 Å². The summed E-state index contributed by atoms with van der Waals surface area (Å²) in [5.74, 6) is -0.331.